The van der Waals surface area contributed by atoms with Gasteiger partial charge in [-0.1, -0.05) is 24.3 Å². The molecule has 0 aliphatic rings. The molecule has 4 heteroatoms. The zero-order valence-electron chi connectivity index (χ0n) is 12.0. The second-order valence-electron chi connectivity index (χ2n) is 5.03. The second-order valence-corrected chi connectivity index (χ2v) is 5.03. The molecule has 0 radical (unpaired) electrons. The topological polar surface area (TPSA) is 57.6 Å². The first kappa shape index (κ1) is 14.8. The van der Waals surface area contributed by atoms with Crippen molar-refractivity contribution in [2.75, 3.05) is 4.90 Å². The van der Waals surface area contributed by atoms with Crippen LogP contribution in [0, 0.1) is 13.8 Å². The third kappa shape index (κ3) is 3.48. The summed E-state index contributed by atoms with van der Waals surface area (Å²) in [5.74, 6) is -0.955. The van der Waals surface area contributed by atoms with Gasteiger partial charge in [-0.25, -0.2) is 4.79 Å². The van der Waals surface area contributed by atoms with Gasteiger partial charge in [-0.15, -0.1) is 0 Å². The summed E-state index contributed by atoms with van der Waals surface area (Å²) in [7, 11) is 0. The second kappa shape index (κ2) is 6.22. The van der Waals surface area contributed by atoms with E-state index in [2.05, 4.69) is 0 Å². The van der Waals surface area contributed by atoms with Gasteiger partial charge >= 0.3 is 5.97 Å². The predicted molar refractivity (Wildman–Crippen MR) is 81.6 cm³/mol. The molecule has 21 heavy (non-hydrogen) atoms. The Labute approximate surface area is 123 Å². The monoisotopic (exact) mass is 283 g/mol. The van der Waals surface area contributed by atoms with E-state index in [9.17, 15) is 9.59 Å². The molecule has 0 aliphatic carbocycles. The highest BCUT2D eigenvalue weighted by molar-refractivity contribution is 5.87. The summed E-state index contributed by atoms with van der Waals surface area (Å²) in [4.78, 5) is 23.8. The van der Waals surface area contributed by atoms with Crippen LogP contribution in [0.3, 0.4) is 0 Å². The van der Waals surface area contributed by atoms with E-state index in [1.54, 1.807) is 29.2 Å². The fraction of sp³-hybridized carbons (Fsp3) is 0.176. The Kier molecular flexibility index (Phi) is 4.38. The van der Waals surface area contributed by atoms with E-state index < -0.39 is 5.97 Å². The molecule has 0 spiro atoms. The number of hydrogen-bond acceptors (Lipinski definition) is 2. The number of rotatable bonds is 5. The van der Waals surface area contributed by atoms with E-state index in [4.69, 9.17) is 5.11 Å². The van der Waals surface area contributed by atoms with Gasteiger partial charge in [-0.2, -0.15) is 0 Å². The van der Waals surface area contributed by atoms with Gasteiger partial charge in [0.15, 0.2) is 0 Å². The Morgan fingerprint density at radius 2 is 1.81 bits per heavy atom. The lowest BCUT2D eigenvalue weighted by atomic mass is 10.1. The van der Waals surface area contributed by atoms with Crippen molar-refractivity contribution in [3.63, 3.8) is 0 Å². The normalized spacial score (nSPS) is 10.2. The number of carboxylic acid groups (broad SMARTS) is 1. The maximum atomic E-state index is 11.4. The molecule has 0 unspecified atom stereocenters. The number of benzene rings is 2. The third-order valence-corrected chi connectivity index (χ3v) is 3.36. The van der Waals surface area contributed by atoms with E-state index in [0.717, 1.165) is 28.8 Å². The maximum absolute atomic E-state index is 11.4. The molecule has 2 rings (SSSR count). The highest BCUT2D eigenvalue weighted by Gasteiger charge is 2.10. The Balaban J connectivity index is 2.24. The number of aryl methyl sites for hydroxylation is 2. The van der Waals surface area contributed by atoms with Crippen molar-refractivity contribution in [1.82, 2.24) is 0 Å². The van der Waals surface area contributed by atoms with Gasteiger partial charge in [0, 0.05) is 5.69 Å². The number of carboxylic acids is 1. The number of carbonyl (C=O) groups is 2. The van der Waals surface area contributed by atoms with Crippen LogP contribution in [0.4, 0.5) is 5.69 Å². The summed E-state index contributed by atoms with van der Waals surface area (Å²) >= 11 is 0. The van der Waals surface area contributed by atoms with Crippen LogP contribution in [0.15, 0.2) is 42.5 Å². The predicted octanol–water partition coefficient (Wildman–Crippen LogP) is 3.16. The summed E-state index contributed by atoms with van der Waals surface area (Å²) < 4.78 is 0. The molecule has 1 amide bonds. The van der Waals surface area contributed by atoms with E-state index >= 15 is 0 Å². The van der Waals surface area contributed by atoms with Crippen molar-refractivity contribution in [1.29, 1.82) is 0 Å². The molecule has 1 N–H and O–H groups in total. The summed E-state index contributed by atoms with van der Waals surface area (Å²) in [5.41, 5.74) is 4.10. The van der Waals surface area contributed by atoms with Gasteiger partial charge in [0.2, 0.25) is 6.41 Å². The SMILES string of the molecule is Cc1ccc(C)c(N(C=O)Cc2ccc(C(=O)O)cc2)c1. The van der Waals surface area contributed by atoms with E-state index in [1.165, 1.54) is 0 Å². The van der Waals surface area contributed by atoms with Crippen molar-refractivity contribution < 1.29 is 14.7 Å². The van der Waals surface area contributed by atoms with Crippen LogP contribution in [-0.4, -0.2) is 17.5 Å². The first-order valence-electron chi connectivity index (χ1n) is 6.62. The van der Waals surface area contributed by atoms with Gasteiger partial charge in [-0.3, -0.25) is 4.79 Å². The van der Waals surface area contributed by atoms with Crippen LogP contribution in [0.2, 0.25) is 0 Å². The van der Waals surface area contributed by atoms with Gasteiger partial charge in [0.05, 0.1) is 12.1 Å². The maximum Gasteiger partial charge on any atom is 0.335 e. The highest BCUT2D eigenvalue weighted by atomic mass is 16.4. The molecule has 4 nitrogen and oxygen atoms in total. The third-order valence-electron chi connectivity index (χ3n) is 3.36. The first-order valence-corrected chi connectivity index (χ1v) is 6.62. The summed E-state index contributed by atoms with van der Waals surface area (Å²) in [6, 6.07) is 12.5. The average molecular weight is 283 g/mol. The van der Waals surface area contributed by atoms with E-state index in [-0.39, 0.29) is 5.56 Å². The fourth-order valence-electron chi connectivity index (χ4n) is 2.16. The summed E-state index contributed by atoms with van der Waals surface area (Å²) in [6.07, 6.45) is 0.798. The number of amides is 1. The van der Waals surface area contributed by atoms with Crippen LogP contribution in [0.5, 0.6) is 0 Å². The number of aromatic carboxylic acids is 1. The lowest BCUT2D eigenvalue weighted by Crippen LogP contribution is -2.21. The molecule has 0 atom stereocenters. The number of carbonyl (C=O) groups excluding carboxylic acids is 1. The zero-order chi connectivity index (χ0) is 15.4. The Hall–Kier alpha value is -2.62. The minimum Gasteiger partial charge on any atom is -0.478 e. The van der Waals surface area contributed by atoms with Crippen molar-refractivity contribution in [2.45, 2.75) is 20.4 Å². The van der Waals surface area contributed by atoms with Gasteiger partial charge < -0.3 is 10.0 Å². The lowest BCUT2D eigenvalue weighted by Gasteiger charge is -2.20. The van der Waals surface area contributed by atoms with Crippen LogP contribution < -0.4 is 4.90 Å². The molecule has 108 valence electrons. The highest BCUT2D eigenvalue weighted by Crippen LogP contribution is 2.22. The largest absolute Gasteiger partial charge is 0.478 e. The molecular weight excluding hydrogens is 266 g/mol. The Morgan fingerprint density at radius 3 is 2.38 bits per heavy atom. The van der Waals surface area contributed by atoms with Crippen LogP contribution in [-0.2, 0) is 11.3 Å². The Morgan fingerprint density at radius 1 is 1.14 bits per heavy atom. The van der Waals surface area contributed by atoms with Crippen LogP contribution in [0.25, 0.3) is 0 Å². The van der Waals surface area contributed by atoms with Crippen LogP contribution >= 0.6 is 0 Å². The molecule has 2 aromatic carbocycles. The Bertz CT molecular complexity index is 662. The molecule has 0 saturated heterocycles. The minimum atomic E-state index is -0.955. The lowest BCUT2D eigenvalue weighted by molar-refractivity contribution is -0.107. The van der Waals surface area contributed by atoms with Crippen molar-refractivity contribution in [3.8, 4) is 0 Å². The number of anilines is 1. The van der Waals surface area contributed by atoms with Gasteiger partial charge in [0.1, 0.15) is 0 Å². The molecular formula is C17H17NO3. The summed E-state index contributed by atoms with van der Waals surface area (Å²) in [6.45, 7) is 4.35. The number of nitrogens with zero attached hydrogens (tertiary/aromatic N) is 1. The quantitative estimate of drug-likeness (QED) is 0.857. The van der Waals surface area contributed by atoms with Crippen molar-refractivity contribution in [3.05, 3.63) is 64.7 Å². The summed E-state index contributed by atoms with van der Waals surface area (Å²) in [5, 5.41) is 8.88. The van der Waals surface area contributed by atoms with Gasteiger partial charge in [0.25, 0.3) is 0 Å². The van der Waals surface area contributed by atoms with Crippen molar-refractivity contribution in [2.24, 2.45) is 0 Å². The molecule has 0 aromatic heterocycles. The van der Waals surface area contributed by atoms with E-state index in [0.29, 0.717) is 6.54 Å². The molecule has 0 heterocycles. The van der Waals surface area contributed by atoms with E-state index in [1.807, 2.05) is 32.0 Å². The number of hydrogen-bond donors (Lipinski definition) is 1. The smallest absolute Gasteiger partial charge is 0.335 e. The molecule has 0 fully saturated rings. The van der Waals surface area contributed by atoms with Crippen LogP contribution in [0.1, 0.15) is 27.0 Å². The van der Waals surface area contributed by atoms with Crippen molar-refractivity contribution >= 4 is 18.1 Å². The van der Waals surface area contributed by atoms with Gasteiger partial charge in [-0.05, 0) is 48.7 Å². The minimum absolute atomic E-state index is 0.239. The molecule has 0 saturated carbocycles. The first-order chi connectivity index (χ1) is 10.0. The zero-order valence-corrected chi connectivity index (χ0v) is 12.0. The molecule has 0 bridgehead atoms. The molecule has 2 aromatic rings. The standard InChI is InChI=1S/C17H17NO3/c1-12-3-4-13(2)16(9-12)18(11-19)10-14-5-7-15(8-6-14)17(20)21/h3-9,11H,10H2,1-2H3,(H,20,21). The molecule has 0 aliphatic heterocycles. The average Bonchev–Trinajstić information content (AvgIpc) is 2.48. The fourth-order valence-corrected chi connectivity index (χ4v) is 2.16.